The average molecular weight is 184 g/mol. The summed E-state index contributed by atoms with van der Waals surface area (Å²) in [5, 5.41) is 0. The first-order valence-electron chi connectivity index (χ1n) is 5.55. The van der Waals surface area contributed by atoms with Gasteiger partial charge in [0.05, 0.1) is 6.10 Å². The van der Waals surface area contributed by atoms with Gasteiger partial charge in [-0.1, -0.05) is 27.7 Å². The van der Waals surface area contributed by atoms with Gasteiger partial charge < -0.3 is 4.74 Å². The smallest absolute Gasteiger partial charge is 0.0577 e. The molecule has 1 saturated carbocycles. The van der Waals surface area contributed by atoms with E-state index >= 15 is 0 Å². The second-order valence-corrected chi connectivity index (χ2v) is 5.14. The van der Waals surface area contributed by atoms with Gasteiger partial charge >= 0.3 is 0 Å². The molecule has 1 heteroatoms. The molecule has 1 nitrogen and oxygen atoms in total. The minimum atomic E-state index is 0.518. The fourth-order valence-corrected chi connectivity index (χ4v) is 2.97. The molecule has 0 saturated heterocycles. The monoisotopic (exact) mass is 184 g/mol. The molecule has 1 unspecified atom stereocenters. The first kappa shape index (κ1) is 11.0. The minimum absolute atomic E-state index is 0.518. The maximum atomic E-state index is 5.47. The lowest BCUT2D eigenvalue weighted by Crippen LogP contribution is -2.31. The summed E-state index contributed by atoms with van der Waals surface area (Å²) in [6.45, 7) is 9.44. The Kier molecular flexibility index (Phi) is 3.39. The van der Waals surface area contributed by atoms with Gasteiger partial charge in [0.1, 0.15) is 0 Å². The van der Waals surface area contributed by atoms with E-state index in [0.29, 0.717) is 11.5 Å². The SMILES string of the molecule is COC1CCC(C(C)C)(C(C)C)C1. The Hall–Kier alpha value is -0.0400. The highest BCUT2D eigenvalue weighted by atomic mass is 16.5. The van der Waals surface area contributed by atoms with Crippen molar-refractivity contribution in [3.63, 3.8) is 0 Å². The van der Waals surface area contributed by atoms with Gasteiger partial charge in [-0.2, -0.15) is 0 Å². The Morgan fingerprint density at radius 1 is 1.15 bits per heavy atom. The molecule has 13 heavy (non-hydrogen) atoms. The topological polar surface area (TPSA) is 9.23 Å². The van der Waals surface area contributed by atoms with Crippen molar-refractivity contribution in [1.29, 1.82) is 0 Å². The molecule has 0 heterocycles. The van der Waals surface area contributed by atoms with Crippen LogP contribution in [-0.4, -0.2) is 13.2 Å². The van der Waals surface area contributed by atoms with E-state index < -0.39 is 0 Å². The molecule has 0 spiro atoms. The van der Waals surface area contributed by atoms with Crippen molar-refractivity contribution in [3.8, 4) is 0 Å². The molecular formula is C12H24O. The third-order valence-corrected chi connectivity index (χ3v) is 4.17. The molecule has 0 aromatic heterocycles. The van der Waals surface area contributed by atoms with Gasteiger partial charge in [0.25, 0.3) is 0 Å². The predicted octanol–water partition coefficient (Wildman–Crippen LogP) is 3.48. The molecule has 0 amide bonds. The maximum Gasteiger partial charge on any atom is 0.0577 e. The van der Waals surface area contributed by atoms with Crippen LogP contribution in [0.5, 0.6) is 0 Å². The Balaban J connectivity index is 2.72. The first-order valence-corrected chi connectivity index (χ1v) is 5.55. The lowest BCUT2D eigenvalue weighted by Gasteiger charge is -2.38. The van der Waals surface area contributed by atoms with E-state index in [1.807, 2.05) is 7.11 Å². The van der Waals surface area contributed by atoms with Crippen LogP contribution < -0.4 is 0 Å². The molecule has 0 radical (unpaired) electrons. The molecule has 78 valence electrons. The van der Waals surface area contributed by atoms with Crippen molar-refractivity contribution in [1.82, 2.24) is 0 Å². The van der Waals surface area contributed by atoms with Gasteiger partial charge in [0.2, 0.25) is 0 Å². The summed E-state index contributed by atoms with van der Waals surface area (Å²) in [7, 11) is 1.85. The van der Waals surface area contributed by atoms with Crippen LogP contribution in [0, 0.1) is 17.3 Å². The molecule has 0 aliphatic heterocycles. The zero-order valence-corrected chi connectivity index (χ0v) is 9.76. The molecule has 1 aliphatic rings. The Morgan fingerprint density at radius 2 is 1.69 bits per heavy atom. The summed E-state index contributed by atoms with van der Waals surface area (Å²) in [4.78, 5) is 0. The number of rotatable bonds is 3. The normalized spacial score (nSPS) is 27.5. The summed E-state index contributed by atoms with van der Waals surface area (Å²) < 4.78 is 5.47. The first-order chi connectivity index (χ1) is 6.03. The van der Waals surface area contributed by atoms with Crippen LogP contribution in [0.4, 0.5) is 0 Å². The molecule has 1 aliphatic carbocycles. The van der Waals surface area contributed by atoms with Crippen molar-refractivity contribution >= 4 is 0 Å². The van der Waals surface area contributed by atoms with Crippen molar-refractivity contribution in [2.75, 3.05) is 7.11 Å². The largest absolute Gasteiger partial charge is 0.381 e. The fraction of sp³-hybridized carbons (Fsp3) is 1.00. The van der Waals surface area contributed by atoms with Gasteiger partial charge in [-0.25, -0.2) is 0 Å². The zero-order chi connectivity index (χ0) is 10.1. The van der Waals surface area contributed by atoms with Gasteiger partial charge in [-0.3, -0.25) is 0 Å². The van der Waals surface area contributed by atoms with Gasteiger partial charge in [-0.15, -0.1) is 0 Å². The van der Waals surface area contributed by atoms with Gasteiger partial charge in [0, 0.05) is 7.11 Å². The van der Waals surface area contributed by atoms with Crippen molar-refractivity contribution in [2.45, 2.75) is 53.1 Å². The summed E-state index contributed by atoms with van der Waals surface area (Å²) in [6.07, 6.45) is 4.39. The van der Waals surface area contributed by atoms with Crippen molar-refractivity contribution in [3.05, 3.63) is 0 Å². The second-order valence-electron chi connectivity index (χ2n) is 5.14. The van der Waals surface area contributed by atoms with Crippen LogP contribution in [0.15, 0.2) is 0 Å². The van der Waals surface area contributed by atoms with Gasteiger partial charge in [-0.05, 0) is 36.5 Å². The van der Waals surface area contributed by atoms with Crippen LogP contribution in [0.2, 0.25) is 0 Å². The third kappa shape index (κ3) is 1.90. The second kappa shape index (κ2) is 4.00. The lowest BCUT2D eigenvalue weighted by molar-refractivity contribution is 0.0619. The van der Waals surface area contributed by atoms with Gasteiger partial charge in [0.15, 0.2) is 0 Å². The zero-order valence-electron chi connectivity index (χ0n) is 9.76. The van der Waals surface area contributed by atoms with E-state index in [9.17, 15) is 0 Å². The average Bonchev–Trinajstić information content (AvgIpc) is 2.48. The van der Waals surface area contributed by atoms with Crippen LogP contribution in [0.3, 0.4) is 0 Å². The Morgan fingerprint density at radius 3 is 1.92 bits per heavy atom. The summed E-state index contributed by atoms with van der Waals surface area (Å²) >= 11 is 0. The molecule has 0 N–H and O–H groups in total. The van der Waals surface area contributed by atoms with Crippen LogP contribution in [0.1, 0.15) is 47.0 Å². The van der Waals surface area contributed by atoms with Crippen LogP contribution >= 0.6 is 0 Å². The third-order valence-electron chi connectivity index (χ3n) is 4.17. The van der Waals surface area contributed by atoms with Crippen molar-refractivity contribution < 1.29 is 4.74 Å². The van der Waals surface area contributed by atoms with Crippen molar-refractivity contribution in [2.24, 2.45) is 17.3 Å². The lowest BCUT2D eigenvalue weighted by atomic mass is 9.68. The standard InChI is InChI=1S/C12H24O/c1-9(2)12(10(3)4)7-6-11(8-12)13-5/h9-11H,6-8H2,1-5H3. The molecule has 0 bridgehead atoms. The van der Waals surface area contributed by atoms with Crippen LogP contribution in [0.25, 0.3) is 0 Å². The fourth-order valence-electron chi connectivity index (χ4n) is 2.97. The van der Waals surface area contributed by atoms with E-state index in [-0.39, 0.29) is 0 Å². The number of hydrogen-bond donors (Lipinski definition) is 0. The highest BCUT2D eigenvalue weighted by molar-refractivity contribution is 4.93. The molecule has 0 aromatic rings. The van der Waals surface area contributed by atoms with E-state index in [1.165, 1.54) is 19.3 Å². The summed E-state index contributed by atoms with van der Waals surface area (Å²) in [6, 6.07) is 0. The summed E-state index contributed by atoms with van der Waals surface area (Å²) in [5.41, 5.74) is 0.542. The highest BCUT2D eigenvalue weighted by Gasteiger charge is 2.43. The number of methoxy groups -OCH3 is 1. The Labute approximate surface area is 82.9 Å². The van der Waals surface area contributed by atoms with E-state index in [1.54, 1.807) is 0 Å². The molecule has 0 aromatic carbocycles. The Bertz CT molecular complexity index is 153. The van der Waals surface area contributed by atoms with Crippen LogP contribution in [-0.2, 0) is 4.74 Å². The molecule has 1 fully saturated rings. The van der Waals surface area contributed by atoms with E-state index in [4.69, 9.17) is 4.74 Å². The molecule has 1 atom stereocenters. The highest BCUT2D eigenvalue weighted by Crippen LogP contribution is 2.50. The summed E-state index contributed by atoms with van der Waals surface area (Å²) in [5.74, 6) is 1.57. The maximum absolute atomic E-state index is 5.47. The molecular weight excluding hydrogens is 160 g/mol. The van der Waals surface area contributed by atoms with E-state index in [2.05, 4.69) is 27.7 Å². The quantitative estimate of drug-likeness (QED) is 0.652. The number of ether oxygens (including phenoxy) is 1. The molecule has 1 rings (SSSR count). The van der Waals surface area contributed by atoms with E-state index in [0.717, 1.165) is 11.8 Å². The predicted molar refractivity (Wildman–Crippen MR) is 56.8 cm³/mol. The minimum Gasteiger partial charge on any atom is -0.381 e. The number of hydrogen-bond acceptors (Lipinski definition) is 1.